The average molecular weight is 867 g/mol. The number of aryl methyl sites for hydroxylation is 1. The number of aromatic nitrogens is 2. The van der Waals surface area contributed by atoms with E-state index in [0.29, 0.717) is 53.4 Å². The third-order valence-corrected chi connectivity index (χ3v) is 13.7. The van der Waals surface area contributed by atoms with Crippen LogP contribution in [0.15, 0.2) is 66.9 Å². The Hall–Kier alpha value is -5.39. The molecule has 2 N–H and O–H groups in total. The summed E-state index contributed by atoms with van der Waals surface area (Å²) in [6, 6.07) is 18.2. The second-order valence-corrected chi connectivity index (χ2v) is 20.0. The Morgan fingerprint density at radius 3 is 2.41 bits per heavy atom. The number of piperidine rings is 2. The number of imide groups is 2. The molecule has 2 saturated heterocycles. The minimum absolute atomic E-state index is 0.0514. The molecule has 1 atom stereocenters. The Kier molecular flexibility index (Phi) is 13.7. The number of hydrogen-bond acceptors (Lipinski definition) is 10. The number of halogens is 1. The predicted octanol–water partition coefficient (Wildman–Crippen LogP) is 6.25. The molecule has 61 heavy (non-hydrogen) atoms. The largest absolute Gasteiger partial charge is 0.496 e. The third kappa shape index (κ3) is 10.2. The number of carbonyl (C=O) groups excluding carboxylic acids is 5. The van der Waals surface area contributed by atoms with Crippen molar-refractivity contribution in [3.05, 3.63) is 111 Å². The van der Waals surface area contributed by atoms with Crippen molar-refractivity contribution in [1.82, 2.24) is 25.5 Å². The van der Waals surface area contributed by atoms with Gasteiger partial charge in [0.25, 0.3) is 11.8 Å². The van der Waals surface area contributed by atoms with E-state index >= 15 is 0 Å². The number of fused-ring (bicyclic) bond motifs is 1. The standard InChI is InChI=1S/C46H52ClN6O7P/c1-60-38-27-33(18-17-30(38)26-40-48-28-35(47)36(50-40)25-31-12-8-9-15-39(31)61(2,3)59)52-23-21-32(22-24-52)49-41(54)16-7-5-4-6-11-29-13-10-14-34-43(29)46(58)53(45(34)57)37-19-20-42(55)51-44(37)56/h8-10,12-15,17-18,27-28,32,37H,4-7,11,16,19-26H2,1-3H3,(H,49,54)(H,51,55,56). The molecular formula is C46H52ClN6O7P. The summed E-state index contributed by atoms with van der Waals surface area (Å²) in [6.07, 6.45) is 8.69. The molecule has 0 saturated carbocycles. The van der Waals surface area contributed by atoms with Gasteiger partial charge in [0.05, 0.1) is 29.0 Å². The van der Waals surface area contributed by atoms with Gasteiger partial charge in [0.1, 0.15) is 24.8 Å². The molecule has 3 aliphatic rings. The van der Waals surface area contributed by atoms with Crippen molar-refractivity contribution in [2.24, 2.45) is 0 Å². The van der Waals surface area contributed by atoms with Crippen LogP contribution < -0.4 is 25.6 Å². The molecule has 13 nitrogen and oxygen atoms in total. The number of anilines is 1. The van der Waals surface area contributed by atoms with E-state index in [0.717, 1.165) is 89.9 Å². The fourth-order valence-corrected chi connectivity index (χ4v) is 10.0. The number of methoxy groups -OCH3 is 1. The van der Waals surface area contributed by atoms with E-state index in [4.69, 9.17) is 21.3 Å². The molecule has 320 valence electrons. The molecule has 3 aliphatic heterocycles. The van der Waals surface area contributed by atoms with E-state index in [9.17, 15) is 28.5 Å². The smallest absolute Gasteiger partial charge is 0.262 e. The van der Waals surface area contributed by atoms with Crippen LogP contribution in [0, 0.1) is 0 Å². The lowest BCUT2D eigenvalue weighted by Crippen LogP contribution is -2.54. The number of amides is 5. The minimum Gasteiger partial charge on any atom is -0.496 e. The summed E-state index contributed by atoms with van der Waals surface area (Å²) < 4.78 is 18.8. The number of carbonyl (C=O) groups is 5. The van der Waals surface area contributed by atoms with Gasteiger partial charge in [-0.1, -0.05) is 66.9 Å². The van der Waals surface area contributed by atoms with Gasteiger partial charge in [-0.2, -0.15) is 0 Å². The SMILES string of the molecule is COc1cc(N2CCC(NC(=O)CCCCCCc3cccc4c3C(=O)N(C3CCC(=O)NC3=O)C4=O)CC2)ccc1Cc1ncc(Cl)c(Cc2ccccc2P(C)(C)=O)n1. The van der Waals surface area contributed by atoms with E-state index in [-0.39, 0.29) is 24.8 Å². The summed E-state index contributed by atoms with van der Waals surface area (Å²) in [4.78, 5) is 76.1. The molecule has 0 aliphatic carbocycles. The van der Waals surface area contributed by atoms with Crippen molar-refractivity contribution in [2.45, 2.75) is 89.1 Å². The van der Waals surface area contributed by atoms with E-state index in [1.54, 1.807) is 38.8 Å². The van der Waals surface area contributed by atoms with Crippen LogP contribution in [0.4, 0.5) is 5.69 Å². The van der Waals surface area contributed by atoms with Crippen molar-refractivity contribution in [2.75, 3.05) is 38.4 Å². The topological polar surface area (TPSA) is 168 Å². The van der Waals surface area contributed by atoms with Crippen LogP contribution in [0.5, 0.6) is 5.75 Å². The Bertz CT molecular complexity index is 2390. The molecule has 4 heterocycles. The summed E-state index contributed by atoms with van der Waals surface area (Å²) in [7, 11) is -0.833. The number of rotatable bonds is 16. The third-order valence-electron chi connectivity index (χ3n) is 11.8. The van der Waals surface area contributed by atoms with E-state index < -0.39 is 36.8 Å². The summed E-state index contributed by atoms with van der Waals surface area (Å²) in [6.45, 7) is 5.12. The maximum atomic E-state index is 13.4. The Morgan fingerprint density at radius 1 is 0.902 bits per heavy atom. The van der Waals surface area contributed by atoms with Gasteiger partial charge in [0.2, 0.25) is 17.7 Å². The molecule has 4 aromatic rings. The highest BCUT2D eigenvalue weighted by atomic mass is 35.5. The van der Waals surface area contributed by atoms with Crippen LogP contribution >= 0.6 is 18.7 Å². The molecule has 0 spiro atoms. The van der Waals surface area contributed by atoms with Crippen molar-refractivity contribution in [3.8, 4) is 5.75 Å². The number of nitrogens with zero attached hydrogens (tertiary/aromatic N) is 4. The van der Waals surface area contributed by atoms with Crippen molar-refractivity contribution >= 4 is 59.3 Å². The van der Waals surface area contributed by atoms with E-state index in [1.807, 2.05) is 42.5 Å². The fraction of sp³-hybridized carbons (Fsp3) is 0.413. The van der Waals surface area contributed by atoms with Crippen LogP contribution in [0.25, 0.3) is 0 Å². The molecule has 5 amide bonds. The van der Waals surface area contributed by atoms with Crippen LogP contribution in [-0.2, 0) is 38.2 Å². The van der Waals surface area contributed by atoms with Crippen LogP contribution in [0.3, 0.4) is 0 Å². The lowest BCUT2D eigenvalue weighted by Gasteiger charge is -2.34. The predicted molar refractivity (Wildman–Crippen MR) is 234 cm³/mol. The van der Waals surface area contributed by atoms with Gasteiger partial charge in [0.15, 0.2) is 0 Å². The van der Waals surface area contributed by atoms with Gasteiger partial charge >= 0.3 is 0 Å². The zero-order chi connectivity index (χ0) is 43.3. The number of nitrogens with one attached hydrogen (secondary N) is 2. The highest BCUT2D eigenvalue weighted by Gasteiger charge is 2.45. The van der Waals surface area contributed by atoms with Crippen LogP contribution in [0.2, 0.25) is 5.02 Å². The number of benzene rings is 3. The quantitative estimate of drug-likeness (QED) is 0.0747. The highest BCUT2D eigenvalue weighted by Crippen LogP contribution is 2.37. The molecule has 0 bridgehead atoms. The first-order valence-corrected chi connectivity index (χ1v) is 24.0. The van der Waals surface area contributed by atoms with Crippen molar-refractivity contribution in [3.63, 3.8) is 0 Å². The average Bonchev–Trinajstić information content (AvgIpc) is 3.49. The van der Waals surface area contributed by atoms with Gasteiger partial charge in [-0.15, -0.1) is 0 Å². The minimum atomic E-state index is -2.49. The number of ether oxygens (including phenoxy) is 1. The van der Waals surface area contributed by atoms with Gasteiger partial charge in [0, 0.05) is 73.6 Å². The summed E-state index contributed by atoms with van der Waals surface area (Å²) >= 11 is 6.54. The van der Waals surface area contributed by atoms with Crippen LogP contribution in [-0.4, -0.2) is 90.0 Å². The first kappa shape index (κ1) is 43.7. The fourth-order valence-electron chi connectivity index (χ4n) is 8.59. The van der Waals surface area contributed by atoms with Crippen LogP contribution in [0.1, 0.15) is 107 Å². The zero-order valence-electron chi connectivity index (χ0n) is 34.9. The number of hydrogen-bond donors (Lipinski definition) is 2. The monoisotopic (exact) mass is 866 g/mol. The summed E-state index contributed by atoms with van der Waals surface area (Å²) in [5.41, 5.74) is 5.03. The molecule has 1 unspecified atom stereocenters. The molecule has 1 aromatic heterocycles. The molecular weight excluding hydrogens is 815 g/mol. The number of unbranched alkanes of at least 4 members (excludes halogenated alkanes) is 3. The lowest BCUT2D eigenvalue weighted by molar-refractivity contribution is -0.136. The van der Waals surface area contributed by atoms with Crippen molar-refractivity contribution in [1.29, 1.82) is 0 Å². The second-order valence-electron chi connectivity index (χ2n) is 16.4. The molecule has 7 rings (SSSR count). The Morgan fingerprint density at radius 2 is 1.66 bits per heavy atom. The summed E-state index contributed by atoms with van der Waals surface area (Å²) in [5, 5.41) is 6.75. The van der Waals surface area contributed by atoms with Gasteiger partial charge < -0.3 is 19.5 Å². The zero-order valence-corrected chi connectivity index (χ0v) is 36.5. The summed E-state index contributed by atoms with van der Waals surface area (Å²) in [5.74, 6) is -0.599. The molecule has 2 fully saturated rings. The molecule has 15 heteroatoms. The first-order chi connectivity index (χ1) is 29.3. The van der Waals surface area contributed by atoms with E-state index in [1.165, 1.54) is 0 Å². The maximum Gasteiger partial charge on any atom is 0.262 e. The Labute approximate surface area is 361 Å². The van der Waals surface area contributed by atoms with Gasteiger partial charge in [-0.05, 0) is 75.1 Å². The van der Waals surface area contributed by atoms with Gasteiger partial charge in [-0.3, -0.25) is 34.2 Å². The lowest BCUT2D eigenvalue weighted by atomic mass is 9.97. The normalized spacial score (nSPS) is 17.1. The van der Waals surface area contributed by atoms with E-state index in [2.05, 4.69) is 26.6 Å². The highest BCUT2D eigenvalue weighted by molar-refractivity contribution is 7.70. The maximum absolute atomic E-state index is 13.4. The Balaban J connectivity index is 0.840. The second kappa shape index (κ2) is 19.1. The molecule has 0 radical (unpaired) electrons. The molecule has 3 aromatic carbocycles. The van der Waals surface area contributed by atoms with Gasteiger partial charge in [-0.25, -0.2) is 9.97 Å². The van der Waals surface area contributed by atoms with Crippen molar-refractivity contribution < 1.29 is 33.3 Å². The first-order valence-electron chi connectivity index (χ1n) is 21.0.